The van der Waals surface area contributed by atoms with Crippen molar-refractivity contribution in [2.45, 2.75) is 52.0 Å². The van der Waals surface area contributed by atoms with Crippen LogP contribution in [-0.2, 0) is 0 Å². The molecule has 0 aromatic heterocycles. The van der Waals surface area contributed by atoms with E-state index >= 15 is 0 Å². The fourth-order valence-electron chi connectivity index (χ4n) is 3.39. The van der Waals surface area contributed by atoms with E-state index in [4.69, 9.17) is 0 Å². The maximum absolute atomic E-state index is 3.47. The van der Waals surface area contributed by atoms with Crippen LogP contribution in [0.3, 0.4) is 0 Å². The smallest absolute Gasteiger partial charge is 0.00961 e. The van der Waals surface area contributed by atoms with Gasteiger partial charge in [-0.25, -0.2) is 0 Å². The molecule has 1 atom stereocenters. The minimum atomic E-state index is 0.819. The van der Waals surface area contributed by atoms with Crippen molar-refractivity contribution in [2.75, 3.05) is 26.2 Å². The molecule has 16 heavy (non-hydrogen) atoms. The Labute approximate surface area is 101 Å². The number of likely N-dealkylation sites (tertiary alicyclic amines) is 1. The standard InChI is InChI=1S/C14H28N2/c1-3-13-6-10-16(11-7-13)12(2)14-4-8-15-9-5-14/h12-15H,3-11H2,1-2H3. The Morgan fingerprint density at radius 2 is 1.75 bits per heavy atom. The summed E-state index contributed by atoms with van der Waals surface area (Å²) in [6.07, 6.45) is 7.02. The average Bonchev–Trinajstić information content (AvgIpc) is 2.39. The maximum atomic E-state index is 3.47. The summed E-state index contributed by atoms with van der Waals surface area (Å²) in [6, 6.07) is 0.819. The highest BCUT2D eigenvalue weighted by molar-refractivity contribution is 4.82. The van der Waals surface area contributed by atoms with Gasteiger partial charge in [0, 0.05) is 6.04 Å². The van der Waals surface area contributed by atoms with Crippen LogP contribution in [0.5, 0.6) is 0 Å². The zero-order valence-electron chi connectivity index (χ0n) is 11.0. The third-order valence-electron chi connectivity index (χ3n) is 4.87. The molecular weight excluding hydrogens is 196 g/mol. The SMILES string of the molecule is CCC1CCN(C(C)C2CCNCC2)CC1. The molecule has 1 unspecified atom stereocenters. The molecule has 2 aliphatic rings. The monoisotopic (exact) mass is 224 g/mol. The Balaban J connectivity index is 1.78. The van der Waals surface area contributed by atoms with Crippen molar-refractivity contribution in [1.82, 2.24) is 10.2 Å². The lowest BCUT2D eigenvalue weighted by Gasteiger charge is -2.40. The second-order valence-corrected chi connectivity index (χ2v) is 5.72. The van der Waals surface area contributed by atoms with E-state index in [1.54, 1.807) is 0 Å². The van der Waals surface area contributed by atoms with Crippen molar-refractivity contribution in [2.24, 2.45) is 11.8 Å². The molecule has 0 amide bonds. The number of nitrogens with one attached hydrogen (secondary N) is 1. The van der Waals surface area contributed by atoms with E-state index in [-0.39, 0.29) is 0 Å². The fourth-order valence-corrected chi connectivity index (χ4v) is 3.39. The van der Waals surface area contributed by atoms with Crippen molar-refractivity contribution in [1.29, 1.82) is 0 Å². The minimum Gasteiger partial charge on any atom is -0.317 e. The molecule has 0 radical (unpaired) electrons. The number of hydrogen-bond acceptors (Lipinski definition) is 2. The van der Waals surface area contributed by atoms with Gasteiger partial charge in [0.25, 0.3) is 0 Å². The first-order valence-electron chi connectivity index (χ1n) is 7.26. The molecule has 2 saturated heterocycles. The molecule has 0 aromatic carbocycles. The predicted octanol–water partition coefficient (Wildman–Crippen LogP) is 2.50. The van der Waals surface area contributed by atoms with Gasteiger partial charge in [0.05, 0.1) is 0 Å². The third-order valence-corrected chi connectivity index (χ3v) is 4.87. The lowest BCUT2D eigenvalue weighted by atomic mass is 9.87. The van der Waals surface area contributed by atoms with Gasteiger partial charge in [-0.3, -0.25) is 0 Å². The summed E-state index contributed by atoms with van der Waals surface area (Å²) in [5.41, 5.74) is 0. The molecule has 1 N–H and O–H groups in total. The fraction of sp³-hybridized carbons (Fsp3) is 1.00. The lowest BCUT2D eigenvalue weighted by Crippen LogP contribution is -2.46. The van der Waals surface area contributed by atoms with Gasteiger partial charge in [-0.05, 0) is 70.6 Å². The Morgan fingerprint density at radius 3 is 2.31 bits per heavy atom. The van der Waals surface area contributed by atoms with E-state index in [0.717, 1.165) is 17.9 Å². The Hall–Kier alpha value is -0.0800. The van der Waals surface area contributed by atoms with Gasteiger partial charge in [0.2, 0.25) is 0 Å². The van der Waals surface area contributed by atoms with E-state index in [1.807, 2.05) is 0 Å². The highest BCUT2D eigenvalue weighted by Gasteiger charge is 2.27. The van der Waals surface area contributed by atoms with Crippen LogP contribution in [-0.4, -0.2) is 37.1 Å². The molecule has 2 aliphatic heterocycles. The summed E-state index contributed by atoms with van der Waals surface area (Å²) in [7, 11) is 0. The Bertz CT molecular complexity index is 191. The van der Waals surface area contributed by atoms with Gasteiger partial charge < -0.3 is 10.2 Å². The molecule has 2 fully saturated rings. The zero-order chi connectivity index (χ0) is 11.4. The van der Waals surface area contributed by atoms with E-state index in [1.165, 1.54) is 58.3 Å². The van der Waals surface area contributed by atoms with Gasteiger partial charge >= 0.3 is 0 Å². The number of nitrogens with zero attached hydrogens (tertiary/aromatic N) is 1. The van der Waals surface area contributed by atoms with E-state index in [0.29, 0.717) is 0 Å². The molecule has 0 spiro atoms. The normalized spacial score (nSPS) is 28.1. The Morgan fingerprint density at radius 1 is 1.12 bits per heavy atom. The van der Waals surface area contributed by atoms with Gasteiger partial charge in [-0.2, -0.15) is 0 Å². The number of piperidine rings is 2. The summed E-state index contributed by atoms with van der Waals surface area (Å²) in [5.74, 6) is 1.95. The molecule has 0 saturated carbocycles. The van der Waals surface area contributed by atoms with Crippen LogP contribution >= 0.6 is 0 Å². The summed E-state index contributed by atoms with van der Waals surface area (Å²) in [4.78, 5) is 2.75. The predicted molar refractivity (Wildman–Crippen MR) is 69.6 cm³/mol. The lowest BCUT2D eigenvalue weighted by molar-refractivity contribution is 0.0913. The van der Waals surface area contributed by atoms with Crippen LogP contribution in [0.2, 0.25) is 0 Å². The van der Waals surface area contributed by atoms with Gasteiger partial charge in [0.15, 0.2) is 0 Å². The zero-order valence-corrected chi connectivity index (χ0v) is 11.0. The van der Waals surface area contributed by atoms with Crippen molar-refractivity contribution < 1.29 is 0 Å². The summed E-state index contributed by atoms with van der Waals surface area (Å²) in [5, 5.41) is 3.47. The first-order chi connectivity index (χ1) is 7.81. The Kier molecular flexibility index (Phi) is 4.66. The molecule has 94 valence electrons. The van der Waals surface area contributed by atoms with Crippen molar-refractivity contribution in [3.63, 3.8) is 0 Å². The quantitative estimate of drug-likeness (QED) is 0.792. The molecule has 0 bridgehead atoms. The molecular formula is C14H28N2. The van der Waals surface area contributed by atoms with Gasteiger partial charge in [-0.15, -0.1) is 0 Å². The van der Waals surface area contributed by atoms with Crippen LogP contribution in [0.4, 0.5) is 0 Å². The highest BCUT2D eigenvalue weighted by Crippen LogP contribution is 2.26. The third kappa shape index (κ3) is 2.98. The largest absolute Gasteiger partial charge is 0.317 e. The molecule has 2 heteroatoms. The van der Waals surface area contributed by atoms with Crippen LogP contribution < -0.4 is 5.32 Å². The molecule has 2 nitrogen and oxygen atoms in total. The summed E-state index contributed by atoms with van der Waals surface area (Å²) in [6.45, 7) is 9.98. The highest BCUT2D eigenvalue weighted by atomic mass is 15.2. The van der Waals surface area contributed by atoms with E-state index in [9.17, 15) is 0 Å². The molecule has 0 aliphatic carbocycles. The average molecular weight is 224 g/mol. The second kappa shape index (κ2) is 6.02. The number of hydrogen-bond donors (Lipinski definition) is 1. The number of rotatable bonds is 3. The maximum Gasteiger partial charge on any atom is 0.00961 e. The van der Waals surface area contributed by atoms with Crippen LogP contribution in [0, 0.1) is 11.8 Å². The summed E-state index contributed by atoms with van der Waals surface area (Å²) >= 11 is 0. The van der Waals surface area contributed by atoms with Gasteiger partial charge in [0.1, 0.15) is 0 Å². The minimum absolute atomic E-state index is 0.819. The van der Waals surface area contributed by atoms with Crippen LogP contribution in [0.15, 0.2) is 0 Å². The van der Waals surface area contributed by atoms with E-state index < -0.39 is 0 Å². The molecule has 0 aromatic rings. The van der Waals surface area contributed by atoms with Gasteiger partial charge in [-0.1, -0.05) is 13.3 Å². The molecule has 2 rings (SSSR count). The van der Waals surface area contributed by atoms with Crippen molar-refractivity contribution >= 4 is 0 Å². The van der Waals surface area contributed by atoms with E-state index in [2.05, 4.69) is 24.1 Å². The first-order valence-corrected chi connectivity index (χ1v) is 7.26. The van der Waals surface area contributed by atoms with Crippen LogP contribution in [0.1, 0.15) is 46.0 Å². The topological polar surface area (TPSA) is 15.3 Å². The van der Waals surface area contributed by atoms with Crippen LogP contribution in [0.25, 0.3) is 0 Å². The van der Waals surface area contributed by atoms with Crippen molar-refractivity contribution in [3.05, 3.63) is 0 Å². The first kappa shape index (κ1) is 12.4. The van der Waals surface area contributed by atoms with Crippen molar-refractivity contribution in [3.8, 4) is 0 Å². The summed E-state index contributed by atoms with van der Waals surface area (Å²) < 4.78 is 0. The second-order valence-electron chi connectivity index (χ2n) is 5.72. The molecule has 2 heterocycles.